The highest BCUT2D eigenvalue weighted by Crippen LogP contribution is 2.24. The number of aryl methyl sites for hydroxylation is 1. The summed E-state index contributed by atoms with van der Waals surface area (Å²) in [5, 5.41) is 1.25. The number of amides is 1. The zero-order valence-corrected chi connectivity index (χ0v) is 16.3. The number of methoxy groups -OCH3 is 1. The summed E-state index contributed by atoms with van der Waals surface area (Å²) in [5.41, 5.74) is 3.10. The fraction of sp³-hybridized carbons (Fsp3) is 0.238. The van der Waals surface area contributed by atoms with Crippen molar-refractivity contribution in [3.8, 4) is 0 Å². The summed E-state index contributed by atoms with van der Waals surface area (Å²) < 4.78 is 18.4. The lowest BCUT2D eigenvalue weighted by molar-refractivity contribution is -0.147. The number of carbonyl (C=O) groups excluding carboxylic acids is 2. The molecule has 5 nitrogen and oxygen atoms in total. The van der Waals surface area contributed by atoms with E-state index in [4.69, 9.17) is 16.3 Å². The van der Waals surface area contributed by atoms with Gasteiger partial charge in [-0.25, -0.2) is 4.39 Å². The minimum atomic E-state index is -0.510. The number of nitrogens with zero attached hydrogens (tertiary/aromatic N) is 1. The van der Waals surface area contributed by atoms with Crippen molar-refractivity contribution >= 4 is 34.4 Å². The molecule has 146 valence electrons. The Hall–Kier alpha value is -2.86. The molecule has 0 saturated carbocycles. The average molecular weight is 403 g/mol. The van der Waals surface area contributed by atoms with Gasteiger partial charge >= 0.3 is 5.97 Å². The molecular formula is C21H20ClFN2O3. The number of fused-ring (bicyclic) bond motifs is 1. The van der Waals surface area contributed by atoms with Crippen molar-refractivity contribution in [2.45, 2.75) is 19.9 Å². The number of carbonyl (C=O) groups is 2. The van der Waals surface area contributed by atoms with Crippen molar-refractivity contribution in [1.82, 2.24) is 9.88 Å². The van der Waals surface area contributed by atoms with E-state index in [0.29, 0.717) is 16.0 Å². The summed E-state index contributed by atoms with van der Waals surface area (Å²) in [6.45, 7) is 1.90. The standard InChI is InChI=1S/C21H20ClFN2O3/c1-13-17(18-9-16(23)7-8-19(18)24-13)10-20(26)25(12-21(27)28-2)11-14-3-5-15(22)6-4-14/h3-9,24H,10-12H2,1-2H3. The van der Waals surface area contributed by atoms with Gasteiger partial charge in [-0.2, -0.15) is 0 Å². The number of hydrogen-bond acceptors (Lipinski definition) is 3. The number of rotatable bonds is 6. The number of aromatic amines is 1. The van der Waals surface area contributed by atoms with E-state index in [9.17, 15) is 14.0 Å². The second-order valence-corrected chi connectivity index (χ2v) is 6.98. The van der Waals surface area contributed by atoms with Gasteiger partial charge in [-0.15, -0.1) is 0 Å². The van der Waals surface area contributed by atoms with Crippen LogP contribution in [-0.2, 0) is 27.3 Å². The second kappa shape index (κ2) is 8.44. The first-order valence-corrected chi connectivity index (χ1v) is 9.11. The molecule has 1 N–H and O–H groups in total. The quantitative estimate of drug-likeness (QED) is 0.633. The van der Waals surface area contributed by atoms with Crippen LogP contribution in [0.3, 0.4) is 0 Å². The third-order valence-electron chi connectivity index (χ3n) is 4.60. The molecule has 0 spiro atoms. The maximum Gasteiger partial charge on any atom is 0.325 e. The molecule has 7 heteroatoms. The van der Waals surface area contributed by atoms with Crippen molar-refractivity contribution in [1.29, 1.82) is 0 Å². The molecule has 3 rings (SSSR count). The van der Waals surface area contributed by atoms with Gasteiger partial charge in [0.05, 0.1) is 13.5 Å². The summed E-state index contributed by atoms with van der Waals surface area (Å²) >= 11 is 5.91. The minimum Gasteiger partial charge on any atom is -0.468 e. The van der Waals surface area contributed by atoms with Crippen LogP contribution < -0.4 is 0 Å². The number of nitrogens with one attached hydrogen (secondary N) is 1. The van der Waals surface area contributed by atoms with Gasteiger partial charge in [0.25, 0.3) is 0 Å². The number of esters is 1. The van der Waals surface area contributed by atoms with Crippen LogP contribution in [0.1, 0.15) is 16.8 Å². The zero-order chi connectivity index (χ0) is 20.3. The fourth-order valence-corrected chi connectivity index (χ4v) is 3.23. The Morgan fingerprint density at radius 2 is 1.89 bits per heavy atom. The van der Waals surface area contributed by atoms with Crippen LogP contribution in [0.2, 0.25) is 5.02 Å². The molecule has 28 heavy (non-hydrogen) atoms. The Morgan fingerprint density at radius 1 is 1.18 bits per heavy atom. The molecule has 0 aliphatic carbocycles. The molecule has 0 fully saturated rings. The molecule has 3 aromatic rings. The Morgan fingerprint density at radius 3 is 2.57 bits per heavy atom. The average Bonchev–Trinajstić information content (AvgIpc) is 2.97. The second-order valence-electron chi connectivity index (χ2n) is 6.55. The van der Waals surface area contributed by atoms with Gasteiger partial charge in [0.2, 0.25) is 5.91 Å². The fourth-order valence-electron chi connectivity index (χ4n) is 3.11. The van der Waals surface area contributed by atoms with Crippen LogP contribution in [0.15, 0.2) is 42.5 Å². The third-order valence-corrected chi connectivity index (χ3v) is 4.85. The largest absolute Gasteiger partial charge is 0.468 e. The van der Waals surface area contributed by atoms with Crippen LogP contribution in [0.5, 0.6) is 0 Å². The number of halogens is 2. The van der Waals surface area contributed by atoms with Crippen molar-refractivity contribution in [2.75, 3.05) is 13.7 Å². The highest BCUT2D eigenvalue weighted by atomic mass is 35.5. The first kappa shape index (κ1) is 19.9. The molecule has 1 heterocycles. The van der Waals surface area contributed by atoms with Crippen molar-refractivity contribution in [3.05, 3.63) is 70.1 Å². The van der Waals surface area contributed by atoms with Crippen molar-refractivity contribution < 1.29 is 18.7 Å². The normalized spacial score (nSPS) is 10.9. The van der Waals surface area contributed by atoms with Crippen LogP contribution in [0, 0.1) is 12.7 Å². The van der Waals surface area contributed by atoms with Crippen LogP contribution >= 0.6 is 11.6 Å². The minimum absolute atomic E-state index is 0.0415. The van der Waals surface area contributed by atoms with Crippen LogP contribution in [-0.4, -0.2) is 35.4 Å². The Labute approximate surface area is 167 Å². The monoisotopic (exact) mass is 402 g/mol. The van der Waals surface area contributed by atoms with E-state index in [-0.39, 0.29) is 31.2 Å². The lowest BCUT2D eigenvalue weighted by atomic mass is 10.1. The first-order valence-electron chi connectivity index (χ1n) is 8.73. The van der Waals surface area contributed by atoms with Gasteiger partial charge in [-0.05, 0) is 48.4 Å². The Bertz CT molecular complexity index is 1010. The maximum absolute atomic E-state index is 13.7. The van der Waals surface area contributed by atoms with Crippen LogP contribution in [0.25, 0.3) is 10.9 Å². The summed E-state index contributed by atoms with van der Waals surface area (Å²) in [6, 6.07) is 11.5. The molecule has 1 aromatic heterocycles. The molecule has 1 amide bonds. The molecular weight excluding hydrogens is 383 g/mol. The van der Waals surface area contributed by atoms with Crippen LogP contribution in [0.4, 0.5) is 4.39 Å². The van der Waals surface area contributed by atoms with Gasteiger partial charge in [-0.1, -0.05) is 23.7 Å². The lowest BCUT2D eigenvalue weighted by Gasteiger charge is -2.22. The van der Waals surface area contributed by atoms with E-state index in [0.717, 1.165) is 16.8 Å². The topological polar surface area (TPSA) is 62.4 Å². The number of benzene rings is 2. The summed E-state index contributed by atoms with van der Waals surface area (Å²) in [5.74, 6) is -1.13. The predicted octanol–water partition coefficient (Wildman–Crippen LogP) is 4.01. The van der Waals surface area contributed by atoms with Crippen molar-refractivity contribution in [3.63, 3.8) is 0 Å². The Kier molecular flexibility index (Phi) is 5.99. The Balaban J connectivity index is 1.86. The van der Waals surface area contributed by atoms with E-state index >= 15 is 0 Å². The SMILES string of the molecule is COC(=O)CN(Cc1ccc(Cl)cc1)C(=O)Cc1c(C)[nH]c2ccc(F)cc12. The molecule has 2 aromatic carbocycles. The van der Waals surface area contributed by atoms with E-state index in [2.05, 4.69) is 4.98 Å². The first-order chi connectivity index (χ1) is 13.4. The third kappa shape index (κ3) is 4.51. The van der Waals surface area contributed by atoms with Gasteiger partial charge in [0.15, 0.2) is 0 Å². The zero-order valence-electron chi connectivity index (χ0n) is 15.6. The van der Waals surface area contributed by atoms with E-state index in [1.165, 1.54) is 24.1 Å². The molecule has 0 unspecified atom stereocenters. The van der Waals surface area contributed by atoms with Crippen molar-refractivity contribution in [2.24, 2.45) is 0 Å². The maximum atomic E-state index is 13.7. The van der Waals surface area contributed by atoms with E-state index in [1.54, 1.807) is 30.3 Å². The highest BCUT2D eigenvalue weighted by molar-refractivity contribution is 6.30. The number of aromatic nitrogens is 1. The van der Waals surface area contributed by atoms with E-state index in [1.807, 2.05) is 6.92 Å². The van der Waals surface area contributed by atoms with Gasteiger partial charge in [-0.3, -0.25) is 9.59 Å². The van der Waals surface area contributed by atoms with Gasteiger partial charge in [0.1, 0.15) is 12.4 Å². The van der Waals surface area contributed by atoms with Gasteiger partial charge in [0, 0.05) is 28.2 Å². The number of hydrogen-bond donors (Lipinski definition) is 1. The smallest absolute Gasteiger partial charge is 0.325 e. The molecule has 0 aliphatic heterocycles. The lowest BCUT2D eigenvalue weighted by Crippen LogP contribution is -2.36. The highest BCUT2D eigenvalue weighted by Gasteiger charge is 2.21. The summed E-state index contributed by atoms with van der Waals surface area (Å²) in [4.78, 5) is 29.4. The molecule has 0 bridgehead atoms. The predicted molar refractivity (Wildman–Crippen MR) is 106 cm³/mol. The molecule has 0 radical (unpaired) electrons. The summed E-state index contributed by atoms with van der Waals surface area (Å²) in [7, 11) is 1.28. The summed E-state index contributed by atoms with van der Waals surface area (Å²) in [6.07, 6.45) is 0.0415. The van der Waals surface area contributed by atoms with E-state index < -0.39 is 5.97 Å². The molecule has 0 saturated heterocycles. The molecule has 0 aliphatic rings. The molecule has 0 atom stereocenters. The number of H-pyrrole nitrogens is 1. The van der Waals surface area contributed by atoms with Gasteiger partial charge < -0.3 is 14.6 Å². The number of ether oxygens (including phenoxy) is 1.